The van der Waals surface area contributed by atoms with Gasteiger partial charge in [-0.25, -0.2) is 19.0 Å². The molecule has 3 aromatic rings. The number of aromatic nitrogens is 6. The van der Waals surface area contributed by atoms with Crippen LogP contribution in [0, 0.1) is 19.7 Å². The number of nitrogens with zero attached hydrogens (tertiary/aromatic N) is 8. The molecule has 0 atom stereocenters. The predicted molar refractivity (Wildman–Crippen MR) is 95.0 cm³/mol. The molecular formula is C17H19FN8. The maximum atomic E-state index is 12.9. The van der Waals surface area contributed by atoms with Crippen LogP contribution in [0.5, 0.6) is 0 Å². The van der Waals surface area contributed by atoms with Gasteiger partial charge in [0.25, 0.3) is 0 Å². The molecule has 1 aliphatic heterocycles. The van der Waals surface area contributed by atoms with E-state index in [2.05, 4.69) is 30.2 Å². The van der Waals surface area contributed by atoms with E-state index in [0.29, 0.717) is 11.8 Å². The van der Waals surface area contributed by atoms with E-state index in [9.17, 15) is 4.39 Å². The van der Waals surface area contributed by atoms with E-state index >= 15 is 0 Å². The highest BCUT2D eigenvalue weighted by Gasteiger charge is 2.20. The molecule has 1 saturated heterocycles. The Morgan fingerprint density at radius 3 is 2.08 bits per heavy atom. The van der Waals surface area contributed by atoms with Gasteiger partial charge < -0.3 is 9.80 Å². The lowest BCUT2D eigenvalue weighted by Crippen LogP contribution is -2.47. The van der Waals surface area contributed by atoms with E-state index < -0.39 is 5.82 Å². The monoisotopic (exact) mass is 354 g/mol. The molecule has 0 aliphatic carbocycles. The minimum atomic E-state index is -0.426. The van der Waals surface area contributed by atoms with Gasteiger partial charge >= 0.3 is 0 Å². The van der Waals surface area contributed by atoms with Crippen LogP contribution in [-0.2, 0) is 0 Å². The molecule has 26 heavy (non-hydrogen) atoms. The Bertz CT molecular complexity index is 882. The average Bonchev–Trinajstić information content (AvgIpc) is 3.01. The lowest BCUT2D eigenvalue weighted by Gasteiger charge is -2.35. The number of halogens is 1. The number of aryl methyl sites for hydroxylation is 2. The summed E-state index contributed by atoms with van der Waals surface area (Å²) in [5.74, 6) is 1.66. The van der Waals surface area contributed by atoms with Crippen molar-refractivity contribution < 1.29 is 4.39 Å². The zero-order valence-electron chi connectivity index (χ0n) is 14.7. The Hall–Kier alpha value is -3.10. The fourth-order valence-electron chi connectivity index (χ4n) is 3.06. The largest absolute Gasteiger partial charge is 0.352 e. The molecule has 9 heteroatoms. The molecule has 134 valence electrons. The summed E-state index contributed by atoms with van der Waals surface area (Å²) in [5, 5.41) is 13.1. The summed E-state index contributed by atoms with van der Waals surface area (Å²) in [5.41, 5.74) is 1.98. The quantitative estimate of drug-likeness (QED) is 0.706. The SMILES string of the molecule is Cc1cc(C)n(-c2ccc(N3CCN(c4ncc(F)cn4)CC3)nn2)n1. The third-order valence-corrected chi connectivity index (χ3v) is 4.36. The van der Waals surface area contributed by atoms with Crippen LogP contribution >= 0.6 is 0 Å². The summed E-state index contributed by atoms with van der Waals surface area (Å²) >= 11 is 0. The van der Waals surface area contributed by atoms with Crippen molar-refractivity contribution in [2.45, 2.75) is 13.8 Å². The highest BCUT2D eigenvalue weighted by Crippen LogP contribution is 2.17. The summed E-state index contributed by atoms with van der Waals surface area (Å²) in [6.07, 6.45) is 2.38. The maximum absolute atomic E-state index is 12.9. The van der Waals surface area contributed by atoms with Crippen molar-refractivity contribution in [1.29, 1.82) is 0 Å². The lowest BCUT2D eigenvalue weighted by molar-refractivity contribution is 0.600. The first-order valence-electron chi connectivity index (χ1n) is 8.45. The van der Waals surface area contributed by atoms with Crippen molar-refractivity contribution in [3.05, 3.63) is 47.8 Å². The predicted octanol–water partition coefficient (Wildman–Crippen LogP) is 1.53. The van der Waals surface area contributed by atoms with Crippen molar-refractivity contribution in [2.24, 2.45) is 0 Å². The number of piperazine rings is 1. The minimum Gasteiger partial charge on any atom is -0.352 e. The van der Waals surface area contributed by atoms with E-state index in [-0.39, 0.29) is 0 Å². The summed E-state index contributed by atoms with van der Waals surface area (Å²) in [6, 6.07) is 5.90. The number of hydrogen-bond acceptors (Lipinski definition) is 7. The van der Waals surface area contributed by atoms with Gasteiger partial charge in [0.2, 0.25) is 5.95 Å². The molecule has 0 radical (unpaired) electrons. The van der Waals surface area contributed by atoms with Crippen molar-refractivity contribution in [1.82, 2.24) is 29.9 Å². The van der Waals surface area contributed by atoms with Gasteiger partial charge in [0.05, 0.1) is 18.1 Å². The van der Waals surface area contributed by atoms with E-state index in [1.54, 1.807) is 4.68 Å². The fourth-order valence-corrected chi connectivity index (χ4v) is 3.06. The zero-order chi connectivity index (χ0) is 18.1. The van der Waals surface area contributed by atoms with E-state index in [4.69, 9.17) is 0 Å². The van der Waals surface area contributed by atoms with Crippen LogP contribution in [0.4, 0.5) is 16.2 Å². The highest BCUT2D eigenvalue weighted by molar-refractivity contribution is 5.43. The van der Waals surface area contributed by atoms with Gasteiger partial charge in [0.1, 0.15) is 0 Å². The molecule has 0 bridgehead atoms. The van der Waals surface area contributed by atoms with Crippen LogP contribution in [-0.4, -0.2) is 56.1 Å². The number of hydrogen-bond donors (Lipinski definition) is 0. The Labute approximate surface area is 150 Å². The number of anilines is 2. The number of rotatable bonds is 3. The Kier molecular flexibility index (Phi) is 4.19. The topological polar surface area (TPSA) is 75.9 Å². The van der Waals surface area contributed by atoms with Crippen LogP contribution in [0.25, 0.3) is 5.82 Å². The molecular weight excluding hydrogens is 335 g/mol. The van der Waals surface area contributed by atoms with Crippen molar-refractivity contribution in [2.75, 3.05) is 36.0 Å². The van der Waals surface area contributed by atoms with Gasteiger partial charge in [-0.1, -0.05) is 0 Å². The fraction of sp³-hybridized carbons (Fsp3) is 0.353. The molecule has 8 nitrogen and oxygen atoms in total. The van der Waals surface area contributed by atoms with Gasteiger partial charge in [-0.05, 0) is 32.0 Å². The molecule has 4 heterocycles. The van der Waals surface area contributed by atoms with Gasteiger partial charge in [0.15, 0.2) is 17.5 Å². The van der Waals surface area contributed by atoms with Gasteiger partial charge in [0, 0.05) is 31.9 Å². The van der Waals surface area contributed by atoms with Crippen molar-refractivity contribution in [3.63, 3.8) is 0 Å². The van der Waals surface area contributed by atoms with Gasteiger partial charge in [-0.15, -0.1) is 10.2 Å². The smallest absolute Gasteiger partial charge is 0.225 e. The lowest BCUT2D eigenvalue weighted by atomic mass is 10.3. The van der Waals surface area contributed by atoms with E-state index in [1.807, 2.05) is 36.9 Å². The van der Waals surface area contributed by atoms with Gasteiger partial charge in [-0.2, -0.15) is 5.10 Å². The highest BCUT2D eigenvalue weighted by atomic mass is 19.1. The standard InChI is InChI=1S/C17H19FN8/c1-12-9-13(2)26(23-12)16-4-3-15(21-22-16)24-5-7-25(8-6-24)17-19-10-14(18)11-20-17/h3-4,9-11H,5-8H2,1-2H3. The Morgan fingerprint density at radius 2 is 1.50 bits per heavy atom. The first kappa shape index (κ1) is 16.4. The molecule has 0 amide bonds. The molecule has 0 saturated carbocycles. The summed E-state index contributed by atoms with van der Waals surface area (Å²) in [6.45, 7) is 6.98. The molecule has 1 aliphatic rings. The second kappa shape index (κ2) is 6.66. The van der Waals surface area contributed by atoms with Crippen LogP contribution in [0.15, 0.2) is 30.6 Å². The van der Waals surface area contributed by atoms with Crippen LogP contribution in [0.2, 0.25) is 0 Å². The summed E-state index contributed by atoms with van der Waals surface area (Å²) in [7, 11) is 0. The summed E-state index contributed by atoms with van der Waals surface area (Å²) in [4.78, 5) is 12.3. The third kappa shape index (κ3) is 3.19. The molecule has 0 N–H and O–H groups in total. The molecule has 4 rings (SSSR count). The first-order chi connectivity index (χ1) is 12.6. The minimum absolute atomic E-state index is 0.426. The zero-order valence-corrected chi connectivity index (χ0v) is 14.7. The Morgan fingerprint density at radius 1 is 0.885 bits per heavy atom. The normalized spacial score (nSPS) is 14.7. The molecule has 0 aromatic carbocycles. The first-order valence-corrected chi connectivity index (χ1v) is 8.45. The van der Waals surface area contributed by atoms with E-state index in [1.165, 1.54) is 12.4 Å². The van der Waals surface area contributed by atoms with Crippen LogP contribution < -0.4 is 9.80 Å². The second-order valence-electron chi connectivity index (χ2n) is 6.26. The van der Waals surface area contributed by atoms with E-state index in [0.717, 1.165) is 43.4 Å². The molecule has 0 spiro atoms. The molecule has 0 unspecified atom stereocenters. The van der Waals surface area contributed by atoms with Crippen molar-refractivity contribution in [3.8, 4) is 5.82 Å². The average molecular weight is 354 g/mol. The second-order valence-corrected chi connectivity index (χ2v) is 6.26. The maximum Gasteiger partial charge on any atom is 0.225 e. The Balaban J connectivity index is 1.43. The molecule has 1 fully saturated rings. The van der Waals surface area contributed by atoms with Gasteiger partial charge in [-0.3, -0.25) is 0 Å². The van der Waals surface area contributed by atoms with Crippen LogP contribution in [0.3, 0.4) is 0 Å². The van der Waals surface area contributed by atoms with Crippen molar-refractivity contribution >= 4 is 11.8 Å². The molecule has 3 aromatic heterocycles. The summed E-state index contributed by atoms with van der Waals surface area (Å²) < 4.78 is 14.7. The third-order valence-electron chi connectivity index (χ3n) is 4.36. The van der Waals surface area contributed by atoms with Crippen LogP contribution in [0.1, 0.15) is 11.4 Å².